The number of esters is 1. The van der Waals surface area contributed by atoms with Crippen LogP contribution in [0.5, 0.6) is 5.75 Å². The number of carbonyl (C=O) groups excluding carboxylic acids is 2. The highest BCUT2D eigenvalue weighted by atomic mass is 16.6. The molecule has 1 aliphatic carbocycles. The molecule has 0 N–H and O–H groups in total. The molecule has 2 saturated heterocycles. The van der Waals surface area contributed by atoms with E-state index in [2.05, 4.69) is 68.1 Å². The number of aromatic nitrogens is 1. The second-order valence-corrected chi connectivity index (χ2v) is 12.6. The van der Waals surface area contributed by atoms with Crippen molar-refractivity contribution in [1.29, 1.82) is 0 Å². The van der Waals surface area contributed by atoms with Crippen molar-refractivity contribution in [3.8, 4) is 16.9 Å². The molecular weight excluding hydrogens is 554 g/mol. The van der Waals surface area contributed by atoms with E-state index in [1.165, 1.54) is 12.7 Å². The summed E-state index contributed by atoms with van der Waals surface area (Å²) in [5.74, 6) is 1.92. The number of benzene rings is 2. The molecule has 3 aliphatic rings. The Morgan fingerprint density at radius 3 is 2.30 bits per heavy atom. The molecular formula is C36H43N3O5. The lowest BCUT2D eigenvalue weighted by Gasteiger charge is -2.33. The van der Waals surface area contributed by atoms with Gasteiger partial charge in [-0.1, -0.05) is 35.4 Å². The molecule has 2 aliphatic heterocycles. The van der Waals surface area contributed by atoms with Gasteiger partial charge in [0.05, 0.1) is 38.4 Å². The molecule has 3 fully saturated rings. The van der Waals surface area contributed by atoms with Gasteiger partial charge in [-0.15, -0.1) is 0 Å². The third-order valence-electron chi connectivity index (χ3n) is 9.67. The van der Waals surface area contributed by atoms with Gasteiger partial charge in [-0.3, -0.25) is 9.69 Å². The van der Waals surface area contributed by atoms with E-state index >= 15 is 0 Å². The normalized spacial score (nSPS) is 23.2. The van der Waals surface area contributed by atoms with E-state index in [0.29, 0.717) is 12.5 Å². The predicted octanol–water partition coefficient (Wildman–Crippen LogP) is 7.11. The number of pyridine rings is 1. The molecule has 0 bridgehead atoms. The highest BCUT2D eigenvalue weighted by Gasteiger charge is 2.40. The first-order chi connectivity index (χ1) is 21.2. The minimum atomic E-state index is -0.346. The van der Waals surface area contributed by atoms with Gasteiger partial charge >= 0.3 is 12.1 Å². The van der Waals surface area contributed by atoms with Crippen LogP contribution in [0.25, 0.3) is 11.1 Å². The lowest BCUT2D eigenvalue weighted by molar-refractivity contribution is -0.146. The largest absolute Gasteiger partial charge is 0.496 e. The molecule has 232 valence electrons. The van der Waals surface area contributed by atoms with Crippen molar-refractivity contribution in [1.82, 2.24) is 9.88 Å². The maximum Gasteiger partial charge on any atom is 0.411 e. The second-order valence-electron chi connectivity index (χ2n) is 12.6. The van der Waals surface area contributed by atoms with Crippen LogP contribution in [0, 0.1) is 19.8 Å². The van der Waals surface area contributed by atoms with E-state index in [1.54, 1.807) is 12.0 Å². The molecule has 6 rings (SSSR count). The van der Waals surface area contributed by atoms with E-state index in [9.17, 15) is 9.59 Å². The topological polar surface area (TPSA) is 81.2 Å². The lowest BCUT2D eigenvalue weighted by atomic mass is 9.78. The summed E-state index contributed by atoms with van der Waals surface area (Å²) in [6.07, 6.45) is 4.00. The Labute approximate surface area is 260 Å². The first kappa shape index (κ1) is 30.0. The molecule has 8 heteroatoms. The number of ether oxygens (including phenoxy) is 3. The Morgan fingerprint density at radius 1 is 0.932 bits per heavy atom. The number of hydrogen-bond donors (Lipinski definition) is 0. The van der Waals surface area contributed by atoms with Crippen molar-refractivity contribution < 1.29 is 23.8 Å². The monoisotopic (exact) mass is 597 g/mol. The van der Waals surface area contributed by atoms with Gasteiger partial charge in [0.2, 0.25) is 0 Å². The van der Waals surface area contributed by atoms with E-state index in [-0.39, 0.29) is 30.1 Å². The smallest absolute Gasteiger partial charge is 0.411 e. The Morgan fingerprint density at radius 2 is 1.66 bits per heavy atom. The first-order valence-electron chi connectivity index (χ1n) is 15.8. The first-order valence-corrected chi connectivity index (χ1v) is 15.8. The van der Waals surface area contributed by atoms with Crippen molar-refractivity contribution in [2.75, 3.05) is 32.2 Å². The maximum absolute atomic E-state index is 13.4. The van der Waals surface area contributed by atoms with Crippen LogP contribution in [-0.4, -0.2) is 55.3 Å². The highest BCUT2D eigenvalue weighted by Crippen LogP contribution is 2.42. The Hall–Kier alpha value is -4.07. The van der Waals surface area contributed by atoms with E-state index < -0.39 is 0 Å². The van der Waals surface area contributed by atoms with Gasteiger partial charge in [0.25, 0.3) is 0 Å². The summed E-state index contributed by atoms with van der Waals surface area (Å²) in [5.41, 5.74) is 7.28. The fourth-order valence-electron chi connectivity index (χ4n) is 7.09. The van der Waals surface area contributed by atoms with Crippen molar-refractivity contribution >= 4 is 17.9 Å². The van der Waals surface area contributed by atoms with Crippen molar-refractivity contribution in [2.24, 2.45) is 5.92 Å². The number of cyclic esters (lactones) is 1. The summed E-state index contributed by atoms with van der Waals surface area (Å²) in [4.78, 5) is 34.7. The molecule has 2 atom stereocenters. The minimum absolute atomic E-state index is 0.0198. The summed E-state index contributed by atoms with van der Waals surface area (Å²) < 4.78 is 16.9. The standard InChI is InChI=1S/C36H43N3O5/c1-22-17-23(2)19-28(18-22)34-24(3)39(36(41)44-34)21-31-29(12-14-33(37-31)38-15-6-16-38)30-20-27(11-13-32(30)42-4)25-7-9-26(10-8-25)35(40)43-5/h11-14,17-20,24-26,34H,6-10,15-16,21H2,1-5H3/t24-,25-,26-,34-/m0/s1. The van der Waals surface area contributed by atoms with Gasteiger partial charge in [-0.25, -0.2) is 9.78 Å². The summed E-state index contributed by atoms with van der Waals surface area (Å²) in [6.45, 7) is 8.48. The number of amides is 1. The average Bonchev–Trinajstić information content (AvgIpc) is 3.28. The number of carbonyl (C=O) groups is 2. The summed E-state index contributed by atoms with van der Waals surface area (Å²) in [7, 11) is 3.16. The predicted molar refractivity (Wildman–Crippen MR) is 170 cm³/mol. The fourth-order valence-corrected chi connectivity index (χ4v) is 7.09. The van der Waals surface area contributed by atoms with E-state index in [0.717, 1.165) is 90.3 Å². The summed E-state index contributed by atoms with van der Waals surface area (Å²) in [6, 6.07) is 16.8. The molecule has 0 unspecified atom stereocenters. The van der Waals surface area contributed by atoms with Crippen LogP contribution in [0.4, 0.5) is 10.6 Å². The molecule has 8 nitrogen and oxygen atoms in total. The molecule has 0 spiro atoms. The fraction of sp³-hybridized carbons (Fsp3) is 0.472. The number of aryl methyl sites for hydroxylation is 2. The van der Waals surface area contributed by atoms with Crippen LogP contribution in [-0.2, 0) is 20.8 Å². The van der Waals surface area contributed by atoms with Crippen LogP contribution < -0.4 is 9.64 Å². The third kappa shape index (κ3) is 5.86. The van der Waals surface area contributed by atoms with E-state index in [4.69, 9.17) is 19.2 Å². The number of nitrogens with zero attached hydrogens (tertiary/aromatic N) is 3. The molecule has 1 amide bonds. The molecule has 1 aromatic heterocycles. The molecule has 1 saturated carbocycles. The maximum atomic E-state index is 13.4. The number of rotatable bonds is 8. The van der Waals surface area contributed by atoms with Gasteiger partial charge in [-0.05, 0) is 94.2 Å². The van der Waals surface area contributed by atoms with Crippen LogP contribution in [0.3, 0.4) is 0 Å². The van der Waals surface area contributed by atoms with Crippen molar-refractivity contribution in [3.05, 3.63) is 76.5 Å². The zero-order valence-corrected chi connectivity index (χ0v) is 26.5. The molecule has 3 heterocycles. The average molecular weight is 598 g/mol. The van der Waals surface area contributed by atoms with Gasteiger partial charge < -0.3 is 19.1 Å². The summed E-state index contributed by atoms with van der Waals surface area (Å²) >= 11 is 0. The summed E-state index contributed by atoms with van der Waals surface area (Å²) in [5, 5.41) is 0. The quantitative estimate of drug-likeness (QED) is 0.256. The number of methoxy groups -OCH3 is 2. The molecule has 44 heavy (non-hydrogen) atoms. The third-order valence-corrected chi connectivity index (χ3v) is 9.67. The Balaban J connectivity index is 1.33. The molecule has 0 radical (unpaired) electrons. The zero-order valence-electron chi connectivity index (χ0n) is 26.5. The van der Waals surface area contributed by atoms with Gasteiger partial charge in [-0.2, -0.15) is 0 Å². The van der Waals surface area contributed by atoms with Crippen LogP contribution in [0.15, 0.2) is 48.5 Å². The Bertz CT molecular complexity index is 1520. The van der Waals surface area contributed by atoms with Gasteiger partial charge in [0.15, 0.2) is 0 Å². The van der Waals surface area contributed by atoms with Crippen molar-refractivity contribution in [3.63, 3.8) is 0 Å². The minimum Gasteiger partial charge on any atom is -0.496 e. The zero-order chi connectivity index (χ0) is 31.0. The second kappa shape index (κ2) is 12.5. The van der Waals surface area contributed by atoms with Gasteiger partial charge in [0, 0.05) is 24.2 Å². The van der Waals surface area contributed by atoms with Crippen LogP contribution in [0.1, 0.15) is 79.0 Å². The molecule has 3 aromatic rings. The van der Waals surface area contributed by atoms with Crippen LogP contribution >= 0.6 is 0 Å². The van der Waals surface area contributed by atoms with Crippen LogP contribution in [0.2, 0.25) is 0 Å². The lowest BCUT2D eigenvalue weighted by Crippen LogP contribution is -2.38. The van der Waals surface area contributed by atoms with E-state index in [1.807, 2.05) is 6.07 Å². The SMILES string of the molecule is COc1ccc([C@H]2CC[C@H](C(=O)OC)CC2)cc1-c1ccc(N2CCC2)nc1CN1C(=O)O[C@H](c2cc(C)cc(C)c2)[C@@H]1C. The highest BCUT2D eigenvalue weighted by molar-refractivity contribution is 5.76. The number of anilines is 1. The molecule has 2 aromatic carbocycles. The van der Waals surface area contributed by atoms with Gasteiger partial charge in [0.1, 0.15) is 17.7 Å². The Kier molecular flexibility index (Phi) is 8.52. The number of hydrogen-bond acceptors (Lipinski definition) is 7. The van der Waals surface area contributed by atoms with Crippen molar-refractivity contribution in [2.45, 2.75) is 77.5 Å².